The maximum atomic E-state index is 13.3. The Bertz CT molecular complexity index is 968. The van der Waals surface area contributed by atoms with Crippen LogP contribution < -0.4 is 0 Å². The number of aliphatic carboxylic acids is 1. The first-order valence-electron chi connectivity index (χ1n) is 11.1. The maximum absolute atomic E-state index is 13.3. The van der Waals surface area contributed by atoms with Crippen LogP contribution in [-0.2, 0) is 15.6 Å². The summed E-state index contributed by atoms with van der Waals surface area (Å²) in [6, 6.07) is 18.8. The number of piperidine rings is 1. The molecule has 1 aliphatic heterocycles. The number of benzene rings is 2. The van der Waals surface area contributed by atoms with Crippen LogP contribution in [0.15, 0.2) is 54.6 Å². The zero-order valence-corrected chi connectivity index (χ0v) is 19.2. The number of hydrogen-bond donors (Lipinski definition) is 1. The zero-order chi connectivity index (χ0) is 22.1. The number of likely N-dealkylation sites (tertiary alicyclic amines) is 1. The van der Waals surface area contributed by atoms with Gasteiger partial charge in [0.1, 0.15) is 5.82 Å². The third-order valence-electron chi connectivity index (χ3n) is 7.75. The quantitative estimate of drug-likeness (QED) is 0.676. The maximum Gasteiger partial charge on any atom is 0.314 e. The molecule has 32 heavy (non-hydrogen) atoms. The Morgan fingerprint density at radius 1 is 1.06 bits per heavy atom. The Hall–Kier alpha value is -2.42. The fourth-order valence-corrected chi connectivity index (χ4v) is 5.80. The van der Waals surface area contributed by atoms with E-state index >= 15 is 0 Å². The highest BCUT2D eigenvalue weighted by molar-refractivity contribution is 5.85. The van der Waals surface area contributed by atoms with E-state index in [2.05, 4.69) is 11.0 Å². The molecule has 0 amide bonds. The van der Waals surface area contributed by atoms with Gasteiger partial charge in [-0.2, -0.15) is 5.26 Å². The molecule has 0 radical (unpaired) electrons. The molecule has 1 N–H and O–H groups in total. The summed E-state index contributed by atoms with van der Waals surface area (Å²) < 4.78 is 13.3. The minimum Gasteiger partial charge on any atom is -0.481 e. The molecule has 2 atom stereocenters. The number of carboxylic acid groups (broad SMARTS) is 1. The van der Waals surface area contributed by atoms with Crippen molar-refractivity contribution >= 4 is 18.4 Å². The van der Waals surface area contributed by atoms with Crippen molar-refractivity contribution in [3.8, 4) is 6.07 Å². The Morgan fingerprint density at radius 3 is 2.22 bits per heavy atom. The van der Waals surface area contributed by atoms with Crippen LogP contribution in [0.3, 0.4) is 0 Å². The van der Waals surface area contributed by atoms with Gasteiger partial charge in [0, 0.05) is 12.6 Å². The number of nitrogens with zero attached hydrogens (tertiary/aromatic N) is 2. The summed E-state index contributed by atoms with van der Waals surface area (Å²) in [5, 5.41) is 20.1. The fourth-order valence-electron chi connectivity index (χ4n) is 5.80. The molecular weight excluding hydrogens is 427 g/mol. The van der Waals surface area contributed by atoms with E-state index < -0.39 is 16.8 Å². The molecule has 4 nitrogen and oxygen atoms in total. The van der Waals surface area contributed by atoms with Crippen molar-refractivity contribution in [1.29, 1.82) is 5.26 Å². The molecule has 1 saturated heterocycles. The second kappa shape index (κ2) is 9.60. The van der Waals surface area contributed by atoms with Crippen molar-refractivity contribution in [2.75, 3.05) is 13.1 Å². The topological polar surface area (TPSA) is 64.3 Å². The van der Waals surface area contributed by atoms with Crippen LogP contribution in [0.4, 0.5) is 4.39 Å². The van der Waals surface area contributed by atoms with Gasteiger partial charge in [-0.05, 0) is 67.8 Å². The number of hydrogen-bond acceptors (Lipinski definition) is 3. The van der Waals surface area contributed by atoms with Crippen LogP contribution in [0.5, 0.6) is 0 Å². The van der Waals surface area contributed by atoms with Gasteiger partial charge in [-0.15, -0.1) is 12.4 Å². The summed E-state index contributed by atoms with van der Waals surface area (Å²) in [6.45, 7) is 3.53. The number of nitriles is 1. The first-order chi connectivity index (χ1) is 14.9. The number of carbonyl (C=O) groups is 1. The zero-order valence-electron chi connectivity index (χ0n) is 18.3. The van der Waals surface area contributed by atoms with Crippen LogP contribution in [0.1, 0.15) is 50.2 Å². The lowest BCUT2D eigenvalue weighted by Crippen LogP contribution is -2.56. The van der Waals surface area contributed by atoms with E-state index in [0.29, 0.717) is 12.5 Å². The van der Waals surface area contributed by atoms with Crippen LogP contribution in [0.25, 0.3) is 0 Å². The van der Waals surface area contributed by atoms with Crippen molar-refractivity contribution in [2.45, 2.75) is 55.9 Å². The van der Waals surface area contributed by atoms with E-state index in [0.717, 1.165) is 49.9 Å². The molecular formula is C26H30ClFN2O2. The Kier molecular flexibility index (Phi) is 7.27. The van der Waals surface area contributed by atoms with E-state index in [-0.39, 0.29) is 24.1 Å². The van der Waals surface area contributed by atoms with Gasteiger partial charge in [-0.25, -0.2) is 4.39 Å². The fraction of sp³-hybridized carbons (Fsp3) is 0.462. The molecule has 0 spiro atoms. The third-order valence-corrected chi connectivity index (χ3v) is 7.75. The molecule has 4 rings (SSSR count). The van der Waals surface area contributed by atoms with Gasteiger partial charge in [0.05, 0.1) is 16.9 Å². The molecule has 0 aromatic heterocycles. The van der Waals surface area contributed by atoms with Gasteiger partial charge < -0.3 is 10.0 Å². The van der Waals surface area contributed by atoms with Crippen LogP contribution >= 0.6 is 12.4 Å². The lowest BCUT2D eigenvalue weighted by Gasteiger charge is -2.48. The summed E-state index contributed by atoms with van der Waals surface area (Å²) in [5.74, 6) is -1.04. The van der Waals surface area contributed by atoms with Gasteiger partial charge in [0.2, 0.25) is 0 Å². The molecule has 1 heterocycles. The van der Waals surface area contributed by atoms with E-state index in [1.54, 1.807) is 12.1 Å². The summed E-state index contributed by atoms with van der Waals surface area (Å²) in [5.41, 5.74) is 0.381. The smallest absolute Gasteiger partial charge is 0.314 e. The Labute approximate surface area is 195 Å². The van der Waals surface area contributed by atoms with E-state index in [9.17, 15) is 19.6 Å². The largest absolute Gasteiger partial charge is 0.481 e. The molecule has 170 valence electrons. The van der Waals surface area contributed by atoms with Crippen LogP contribution in [0, 0.1) is 23.1 Å². The second-order valence-corrected chi connectivity index (χ2v) is 9.22. The Morgan fingerprint density at radius 2 is 1.69 bits per heavy atom. The molecule has 1 aliphatic carbocycles. The first kappa shape index (κ1) is 24.2. The normalized spacial score (nSPS) is 30.7. The monoisotopic (exact) mass is 456 g/mol. The first-order valence-corrected chi connectivity index (χ1v) is 11.1. The lowest BCUT2D eigenvalue weighted by molar-refractivity contribution is -0.149. The molecule has 2 aromatic rings. The van der Waals surface area contributed by atoms with E-state index in [4.69, 9.17) is 0 Å². The molecule has 6 heteroatoms. The molecule has 2 aromatic carbocycles. The molecule has 2 fully saturated rings. The summed E-state index contributed by atoms with van der Waals surface area (Å²) >= 11 is 0. The number of carboxylic acids is 1. The van der Waals surface area contributed by atoms with Gasteiger partial charge in [0.25, 0.3) is 0 Å². The lowest BCUT2D eigenvalue weighted by atomic mass is 9.65. The van der Waals surface area contributed by atoms with Crippen LogP contribution in [0.2, 0.25) is 0 Å². The summed E-state index contributed by atoms with van der Waals surface area (Å²) in [6.07, 6.45) is 3.86. The van der Waals surface area contributed by atoms with Gasteiger partial charge in [0.15, 0.2) is 0 Å². The molecule has 1 saturated carbocycles. The van der Waals surface area contributed by atoms with Gasteiger partial charge in [-0.3, -0.25) is 4.79 Å². The molecule has 2 aliphatic rings. The summed E-state index contributed by atoms with van der Waals surface area (Å²) in [4.78, 5) is 14.8. The minimum absolute atomic E-state index is 0. The van der Waals surface area contributed by atoms with E-state index in [1.165, 1.54) is 12.1 Å². The highest BCUT2D eigenvalue weighted by atomic mass is 35.5. The van der Waals surface area contributed by atoms with E-state index in [1.807, 2.05) is 37.3 Å². The molecule has 0 unspecified atom stereocenters. The number of rotatable bonds is 4. The van der Waals surface area contributed by atoms with Crippen molar-refractivity contribution < 1.29 is 14.3 Å². The standard InChI is InChI=1S/C26H29FN2O2.ClH/c1-19-17-29(16-15-26(19,24(30)31)21-5-3-2-4-6-21)23-11-13-25(18-28,14-12-23)20-7-9-22(27)10-8-20;/h2-10,19,23H,11-17H2,1H3,(H,30,31);1H/t19-,23?,25?,26+;/m0./s1. The Balaban J connectivity index is 0.00000289. The predicted octanol–water partition coefficient (Wildman–Crippen LogP) is 5.32. The van der Waals surface area contributed by atoms with Gasteiger partial charge in [-0.1, -0.05) is 49.4 Å². The average Bonchev–Trinajstić information content (AvgIpc) is 2.80. The van der Waals surface area contributed by atoms with Crippen molar-refractivity contribution in [3.05, 3.63) is 71.5 Å². The average molecular weight is 457 g/mol. The minimum atomic E-state index is -0.850. The predicted molar refractivity (Wildman–Crippen MR) is 124 cm³/mol. The third kappa shape index (κ3) is 4.14. The molecule has 0 bridgehead atoms. The van der Waals surface area contributed by atoms with Crippen molar-refractivity contribution in [1.82, 2.24) is 4.90 Å². The van der Waals surface area contributed by atoms with Crippen molar-refractivity contribution in [3.63, 3.8) is 0 Å². The summed E-state index contributed by atoms with van der Waals surface area (Å²) in [7, 11) is 0. The van der Waals surface area contributed by atoms with Crippen LogP contribution in [-0.4, -0.2) is 35.1 Å². The number of halogens is 2. The highest BCUT2D eigenvalue weighted by Gasteiger charge is 2.50. The van der Waals surface area contributed by atoms with Crippen molar-refractivity contribution in [2.24, 2.45) is 5.92 Å². The second-order valence-electron chi connectivity index (χ2n) is 9.22. The SMILES string of the molecule is C[C@H]1CN(C2CCC(C#N)(c3ccc(F)cc3)CC2)CC[C@]1(C(=O)O)c1ccccc1.Cl. The van der Waals surface area contributed by atoms with Gasteiger partial charge >= 0.3 is 5.97 Å². The highest BCUT2D eigenvalue weighted by Crippen LogP contribution is 2.44.